The second kappa shape index (κ2) is 5.97. The van der Waals surface area contributed by atoms with Crippen LogP contribution >= 0.6 is 0 Å². The molecular formula is C13H18FN3O2. The van der Waals surface area contributed by atoms with Gasteiger partial charge in [-0.3, -0.25) is 10.1 Å². The van der Waals surface area contributed by atoms with Crippen molar-refractivity contribution >= 4 is 11.4 Å². The van der Waals surface area contributed by atoms with Crippen LogP contribution in [0.5, 0.6) is 0 Å². The van der Waals surface area contributed by atoms with E-state index in [4.69, 9.17) is 0 Å². The van der Waals surface area contributed by atoms with Crippen LogP contribution in [-0.4, -0.2) is 31.6 Å². The minimum absolute atomic E-state index is 0.0199. The molecule has 0 aliphatic carbocycles. The molecule has 1 aromatic carbocycles. The average Bonchev–Trinajstić information content (AvgIpc) is 2.39. The number of halogens is 1. The molecule has 1 aromatic rings. The van der Waals surface area contributed by atoms with Gasteiger partial charge in [0.25, 0.3) is 5.69 Å². The van der Waals surface area contributed by atoms with E-state index in [-0.39, 0.29) is 5.69 Å². The summed E-state index contributed by atoms with van der Waals surface area (Å²) in [5.41, 5.74) is 0.376. The third-order valence-electron chi connectivity index (χ3n) is 3.58. The third kappa shape index (κ3) is 3.20. The van der Waals surface area contributed by atoms with Crippen LogP contribution in [0.1, 0.15) is 12.8 Å². The Morgan fingerprint density at radius 1 is 1.47 bits per heavy atom. The predicted octanol–water partition coefficient (Wildman–Crippen LogP) is 2.17. The molecule has 2 rings (SSSR count). The number of rotatable bonds is 4. The highest BCUT2D eigenvalue weighted by Gasteiger charge is 2.24. The fraction of sp³-hybridized carbons (Fsp3) is 0.538. The molecule has 0 amide bonds. The molecule has 0 saturated carbocycles. The lowest BCUT2D eigenvalue weighted by molar-refractivity contribution is -0.384. The van der Waals surface area contributed by atoms with Gasteiger partial charge in [0.15, 0.2) is 0 Å². The van der Waals surface area contributed by atoms with Gasteiger partial charge in [-0.25, -0.2) is 4.39 Å². The van der Waals surface area contributed by atoms with Crippen LogP contribution in [0.2, 0.25) is 0 Å². The summed E-state index contributed by atoms with van der Waals surface area (Å²) in [5.74, 6) is 0.159. The number of nitrogens with zero attached hydrogens (tertiary/aromatic N) is 2. The van der Waals surface area contributed by atoms with Gasteiger partial charge < -0.3 is 10.2 Å². The standard InChI is InChI=1S/C13H18FN3O2/c1-15-9-10-4-6-16(7-5-10)13-8-11(14)2-3-12(13)17(18)19/h2-3,8,10,15H,4-7,9H2,1H3. The number of anilines is 1. The molecule has 6 heteroatoms. The molecule has 1 saturated heterocycles. The molecule has 1 heterocycles. The number of nitrogens with one attached hydrogen (secondary N) is 1. The van der Waals surface area contributed by atoms with Crippen molar-refractivity contribution in [1.29, 1.82) is 0 Å². The third-order valence-corrected chi connectivity index (χ3v) is 3.58. The van der Waals surface area contributed by atoms with Gasteiger partial charge in [0.05, 0.1) is 4.92 Å². The van der Waals surface area contributed by atoms with Crippen molar-refractivity contribution in [3.8, 4) is 0 Å². The lowest BCUT2D eigenvalue weighted by Crippen LogP contribution is -2.37. The van der Waals surface area contributed by atoms with Crippen LogP contribution in [0, 0.1) is 21.8 Å². The van der Waals surface area contributed by atoms with Crippen LogP contribution in [0.15, 0.2) is 18.2 Å². The van der Waals surface area contributed by atoms with Gasteiger partial charge in [0, 0.05) is 25.2 Å². The van der Waals surface area contributed by atoms with Crippen molar-refractivity contribution in [2.45, 2.75) is 12.8 Å². The molecule has 1 N–H and O–H groups in total. The number of hydrogen-bond acceptors (Lipinski definition) is 4. The van der Waals surface area contributed by atoms with E-state index in [9.17, 15) is 14.5 Å². The maximum absolute atomic E-state index is 13.3. The Hall–Kier alpha value is -1.69. The molecule has 0 bridgehead atoms. The van der Waals surface area contributed by atoms with Crippen LogP contribution < -0.4 is 10.2 Å². The molecule has 1 fully saturated rings. The van der Waals surface area contributed by atoms with Crippen LogP contribution in [0.4, 0.5) is 15.8 Å². The summed E-state index contributed by atoms with van der Waals surface area (Å²) in [6.45, 7) is 2.42. The molecule has 19 heavy (non-hydrogen) atoms. The van der Waals surface area contributed by atoms with Crippen molar-refractivity contribution in [2.75, 3.05) is 31.6 Å². The Morgan fingerprint density at radius 3 is 2.74 bits per heavy atom. The summed E-state index contributed by atoms with van der Waals surface area (Å²) >= 11 is 0. The molecular weight excluding hydrogens is 249 g/mol. The number of piperidine rings is 1. The molecule has 0 spiro atoms. The van der Waals surface area contributed by atoms with Gasteiger partial charge in [-0.2, -0.15) is 0 Å². The Kier molecular flexibility index (Phi) is 4.31. The van der Waals surface area contributed by atoms with E-state index in [1.165, 1.54) is 12.1 Å². The van der Waals surface area contributed by atoms with Crippen molar-refractivity contribution in [2.24, 2.45) is 5.92 Å². The zero-order valence-electron chi connectivity index (χ0n) is 10.9. The van der Waals surface area contributed by atoms with Gasteiger partial charge in [-0.1, -0.05) is 0 Å². The van der Waals surface area contributed by atoms with E-state index < -0.39 is 10.7 Å². The van der Waals surface area contributed by atoms with Crippen LogP contribution in [-0.2, 0) is 0 Å². The van der Waals surface area contributed by atoms with Gasteiger partial charge in [-0.05, 0) is 38.4 Å². The molecule has 1 aliphatic heterocycles. The number of nitro groups is 1. The van der Waals surface area contributed by atoms with E-state index in [0.29, 0.717) is 11.6 Å². The first kappa shape index (κ1) is 13.7. The highest BCUT2D eigenvalue weighted by atomic mass is 19.1. The summed E-state index contributed by atoms with van der Waals surface area (Å²) < 4.78 is 13.3. The molecule has 0 aromatic heterocycles. The van der Waals surface area contributed by atoms with Crippen LogP contribution in [0.3, 0.4) is 0 Å². The van der Waals surface area contributed by atoms with E-state index in [1.54, 1.807) is 0 Å². The van der Waals surface area contributed by atoms with Gasteiger partial charge in [0.1, 0.15) is 11.5 Å². The fourth-order valence-electron chi connectivity index (χ4n) is 2.57. The lowest BCUT2D eigenvalue weighted by Gasteiger charge is -2.33. The number of benzene rings is 1. The van der Waals surface area contributed by atoms with Crippen molar-refractivity contribution < 1.29 is 9.31 Å². The second-order valence-electron chi connectivity index (χ2n) is 4.88. The van der Waals surface area contributed by atoms with Crippen molar-refractivity contribution in [3.05, 3.63) is 34.1 Å². The second-order valence-corrected chi connectivity index (χ2v) is 4.88. The summed E-state index contributed by atoms with van der Waals surface area (Å²) in [4.78, 5) is 12.4. The van der Waals surface area contributed by atoms with Gasteiger partial charge in [-0.15, -0.1) is 0 Å². The molecule has 0 atom stereocenters. The molecule has 1 aliphatic rings. The summed E-state index contributed by atoms with van der Waals surface area (Å²) in [7, 11) is 1.92. The maximum atomic E-state index is 13.3. The Bertz CT molecular complexity index is 459. The number of nitro benzene ring substituents is 1. The SMILES string of the molecule is CNCC1CCN(c2cc(F)ccc2[N+](=O)[O-])CC1. The predicted molar refractivity (Wildman–Crippen MR) is 71.9 cm³/mol. The Labute approximate surface area is 111 Å². The zero-order chi connectivity index (χ0) is 13.8. The quantitative estimate of drug-likeness (QED) is 0.671. The van der Waals surface area contributed by atoms with E-state index >= 15 is 0 Å². The minimum atomic E-state index is -0.450. The van der Waals surface area contributed by atoms with Gasteiger partial charge in [0.2, 0.25) is 0 Å². The van der Waals surface area contributed by atoms with Crippen molar-refractivity contribution in [3.63, 3.8) is 0 Å². The van der Waals surface area contributed by atoms with E-state index in [1.807, 2.05) is 11.9 Å². The molecule has 5 nitrogen and oxygen atoms in total. The first-order chi connectivity index (χ1) is 9.11. The molecule has 104 valence electrons. The van der Waals surface area contributed by atoms with E-state index in [0.717, 1.165) is 38.5 Å². The van der Waals surface area contributed by atoms with Crippen LogP contribution in [0.25, 0.3) is 0 Å². The van der Waals surface area contributed by atoms with E-state index in [2.05, 4.69) is 5.32 Å². The molecule has 0 unspecified atom stereocenters. The highest BCUT2D eigenvalue weighted by molar-refractivity contribution is 5.63. The fourth-order valence-corrected chi connectivity index (χ4v) is 2.57. The topological polar surface area (TPSA) is 58.4 Å². The Balaban J connectivity index is 2.14. The lowest BCUT2D eigenvalue weighted by atomic mass is 9.96. The maximum Gasteiger partial charge on any atom is 0.292 e. The first-order valence-electron chi connectivity index (χ1n) is 6.45. The largest absolute Gasteiger partial charge is 0.366 e. The minimum Gasteiger partial charge on any atom is -0.366 e. The first-order valence-corrected chi connectivity index (χ1v) is 6.45. The summed E-state index contributed by atoms with van der Waals surface area (Å²) in [6.07, 6.45) is 1.93. The molecule has 0 radical (unpaired) electrons. The highest BCUT2D eigenvalue weighted by Crippen LogP contribution is 2.31. The van der Waals surface area contributed by atoms with Gasteiger partial charge >= 0.3 is 0 Å². The Morgan fingerprint density at radius 2 is 2.16 bits per heavy atom. The summed E-state index contributed by atoms with van der Waals surface area (Å²) in [5, 5.41) is 14.1. The monoisotopic (exact) mass is 267 g/mol. The smallest absolute Gasteiger partial charge is 0.292 e. The summed E-state index contributed by atoms with van der Waals surface area (Å²) in [6, 6.07) is 3.64. The zero-order valence-corrected chi connectivity index (χ0v) is 10.9. The average molecular weight is 267 g/mol. The number of hydrogen-bond donors (Lipinski definition) is 1. The van der Waals surface area contributed by atoms with Crippen molar-refractivity contribution in [1.82, 2.24) is 5.32 Å². The normalized spacial score (nSPS) is 16.6.